The number of ether oxygens (including phenoxy) is 1. The molecule has 0 saturated heterocycles. The van der Waals surface area contributed by atoms with Crippen LogP contribution in [0.2, 0.25) is 5.02 Å². The van der Waals surface area contributed by atoms with Crippen LogP contribution in [0.5, 0.6) is 11.5 Å². The van der Waals surface area contributed by atoms with E-state index in [0.29, 0.717) is 12.1 Å². The molecule has 1 unspecified atom stereocenters. The smallest absolute Gasteiger partial charge is 0.416 e. The van der Waals surface area contributed by atoms with Crippen LogP contribution in [0.4, 0.5) is 26.3 Å². The highest BCUT2D eigenvalue weighted by Crippen LogP contribution is 2.59. The van der Waals surface area contributed by atoms with Gasteiger partial charge in [-0.1, -0.05) is 11.6 Å². The molecule has 3 rings (SSSR count). The van der Waals surface area contributed by atoms with Gasteiger partial charge in [0.15, 0.2) is 0 Å². The van der Waals surface area contributed by atoms with Gasteiger partial charge in [-0.2, -0.15) is 22.0 Å². The highest BCUT2D eigenvalue weighted by molar-refractivity contribution is 6.30. The van der Waals surface area contributed by atoms with Gasteiger partial charge in [0.2, 0.25) is 0 Å². The van der Waals surface area contributed by atoms with Gasteiger partial charge in [-0.25, -0.2) is 4.39 Å². The summed E-state index contributed by atoms with van der Waals surface area (Å²) in [5.74, 6) is -5.60. The standard InChI is InChI=1S/C15H7ClF6O2/c16-6-3-7(17)5-8(4-6)24-10-2-1-9(15(20,21)22)11-12(10)14(18,19)13(11)23/h1-5,13,23H. The van der Waals surface area contributed by atoms with Gasteiger partial charge in [-0.3, -0.25) is 0 Å². The van der Waals surface area contributed by atoms with Crippen LogP contribution in [-0.4, -0.2) is 5.11 Å². The van der Waals surface area contributed by atoms with Crippen LogP contribution in [0.15, 0.2) is 30.3 Å². The molecule has 1 aliphatic rings. The van der Waals surface area contributed by atoms with Gasteiger partial charge in [-0.05, 0) is 24.3 Å². The number of fused-ring (bicyclic) bond motifs is 1. The first-order chi connectivity index (χ1) is 11.0. The van der Waals surface area contributed by atoms with Gasteiger partial charge in [0, 0.05) is 16.7 Å². The number of halogens is 7. The zero-order valence-corrected chi connectivity index (χ0v) is 12.2. The molecule has 0 radical (unpaired) electrons. The maximum absolute atomic E-state index is 13.8. The third kappa shape index (κ3) is 2.59. The van der Waals surface area contributed by atoms with Crippen LogP contribution in [0, 0.1) is 5.82 Å². The van der Waals surface area contributed by atoms with Gasteiger partial charge in [-0.15, -0.1) is 0 Å². The molecule has 0 saturated carbocycles. The Hall–Kier alpha value is -1.93. The lowest BCUT2D eigenvalue weighted by Gasteiger charge is -2.38. The minimum absolute atomic E-state index is 0.0810. The van der Waals surface area contributed by atoms with Crippen molar-refractivity contribution in [2.24, 2.45) is 0 Å². The fourth-order valence-corrected chi connectivity index (χ4v) is 2.73. The Morgan fingerprint density at radius 1 is 1.12 bits per heavy atom. The number of benzene rings is 2. The average Bonchev–Trinajstić information content (AvgIpc) is 2.43. The summed E-state index contributed by atoms with van der Waals surface area (Å²) < 4.78 is 84.6. The van der Waals surface area contributed by atoms with Crippen molar-refractivity contribution in [2.75, 3.05) is 0 Å². The van der Waals surface area contributed by atoms with Gasteiger partial charge in [0.25, 0.3) is 0 Å². The fourth-order valence-electron chi connectivity index (χ4n) is 2.51. The molecule has 0 fully saturated rings. The first-order valence-electron chi connectivity index (χ1n) is 6.46. The van der Waals surface area contributed by atoms with Crippen molar-refractivity contribution in [1.82, 2.24) is 0 Å². The Kier molecular flexibility index (Phi) is 3.72. The van der Waals surface area contributed by atoms with Crippen LogP contribution in [-0.2, 0) is 12.1 Å². The predicted octanol–water partition coefficient (Wildman–Crippen LogP) is 5.43. The topological polar surface area (TPSA) is 29.5 Å². The molecular weight excluding hydrogens is 362 g/mol. The molecule has 1 N–H and O–H groups in total. The molecule has 128 valence electrons. The fraction of sp³-hybridized carbons (Fsp3) is 0.200. The molecule has 1 aliphatic carbocycles. The Labute approximate surface area is 136 Å². The van der Waals surface area contributed by atoms with E-state index in [-0.39, 0.29) is 10.8 Å². The summed E-state index contributed by atoms with van der Waals surface area (Å²) in [5, 5.41) is 9.28. The number of aliphatic hydroxyl groups excluding tert-OH is 1. The summed E-state index contributed by atoms with van der Waals surface area (Å²) in [7, 11) is 0. The molecular formula is C15H7ClF6O2. The molecule has 0 spiro atoms. The summed E-state index contributed by atoms with van der Waals surface area (Å²) in [5.41, 5.74) is -3.40. The van der Waals surface area contributed by atoms with Gasteiger partial charge in [0.05, 0.1) is 11.1 Å². The van der Waals surface area contributed by atoms with Crippen LogP contribution < -0.4 is 4.74 Å². The van der Waals surface area contributed by atoms with E-state index < -0.39 is 46.5 Å². The van der Waals surface area contributed by atoms with Crippen LogP contribution in [0.1, 0.15) is 22.8 Å². The number of hydrogen-bond acceptors (Lipinski definition) is 2. The molecule has 2 aromatic carbocycles. The van der Waals surface area contributed by atoms with E-state index in [1.807, 2.05) is 0 Å². The highest BCUT2D eigenvalue weighted by atomic mass is 35.5. The number of rotatable bonds is 2. The Balaban J connectivity index is 2.11. The molecule has 0 heterocycles. The largest absolute Gasteiger partial charge is 0.457 e. The highest BCUT2D eigenvalue weighted by Gasteiger charge is 2.59. The molecule has 24 heavy (non-hydrogen) atoms. The van der Waals surface area contributed by atoms with E-state index in [1.165, 1.54) is 0 Å². The third-order valence-electron chi connectivity index (χ3n) is 3.53. The summed E-state index contributed by atoms with van der Waals surface area (Å²) in [6, 6.07) is 4.11. The second kappa shape index (κ2) is 5.29. The van der Waals surface area contributed by atoms with Gasteiger partial charge >= 0.3 is 12.1 Å². The van der Waals surface area contributed by atoms with E-state index in [1.54, 1.807) is 0 Å². The van der Waals surface area contributed by atoms with Crippen LogP contribution in [0.25, 0.3) is 0 Å². The van der Waals surface area contributed by atoms with Gasteiger partial charge in [0.1, 0.15) is 23.4 Å². The molecule has 9 heteroatoms. The monoisotopic (exact) mass is 368 g/mol. The van der Waals surface area contributed by atoms with Crippen molar-refractivity contribution in [3.8, 4) is 11.5 Å². The molecule has 0 aromatic heterocycles. The van der Waals surface area contributed by atoms with E-state index in [2.05, 4.69) is 0 Å². The molecule has 2 aromatic rings. The van der Waals surface area contributed by atoms with Crippen molar-refractivity contribution in [1.29, 1.82) is 0 Å². The number of hydrogen-bond donors (Lipinski definition) is 1. The van der Waals surface area contributed by atoms with E-state index in [9.17, 15) is 31.4 Å². The number of aliphatic hydroxyl groups is 1. The lowest BCUT2D eigenvalue weighted by Crippen LogP contribution is -2.38. The Bertz CT molecular complexity index is 798. The van der Waals surface area contributed by atoms with Crippen molar-refractivity contribution in [3.05, 3.63) is 57.9 Å². The first-order valence-corrected chi connectivity index (χ1v) is 6.84. The summed E-state index contributed by atoms with van der Waals surface area (Å²) in [6.45, 7) is 0. The summed E-state index contributed by atoms with van der Waals surface area (Å²) in [4.78, 5) is 0. The summed E-state index contributed by atoms with van der Waals surface area (Å²) >= 11 is 5.61. The lowest BCUT2D eigenvalue weighted by atomic mass is 9.77. The van der Waals surface area contributed by atoms with Crippen LogP contribution >= 0.6 is 11.6 Å². The number of alkyl halides is 5. The second-order valence-corrected chi connectivity index (χ2v) is 5.57. The maximum Gasteiger partial charge on any atom is 0.416 e. The normalized spacial score (nSPS) is 18.8. The van der Waals surface area contributed by atoms with Crippen molar-refractivity contribution < 1.29 is 36.2 Å². The Morgan fingerprint density at radius 2 is 1.79 bits per heavy atom. The minimum atomic E-state index is -4.91. The SMILES string of the molecule is OC1c2c(C(F)(F)F)ccc(Oc3cc(F)cc(Cl)c3)c2C1(F)F. The maximum atomic E-state index is 13.8. The van der Waals surface area contributed by atoms with Crippen molar-refractivity contribution in [2.45, 2.75) is 18.2 Å². The van der Waals surface area contributed by atoms with E-state index in [0.717, 1.165) is 18.2 Å². The molecule has 0 bridgehead atoms. The van der Waals surface area contributed by atoms with E-state index >= 15 is 0 Å². The molecule has 1 atom stereocenters. The van der Waals surface area contributed by atoms with Crippen LogP contribution in [0.3, 0.4) is 0 Å². The average molecular weight is 369 g/mol. The molecule has 0 amide bonds. The second-order valence-electron chi connectivity index (χ2n) is 5.13. The molecule has 0 aliphatic heterocycles. The van der Waals surface area contributed by atoms with E-state index in [4.69, 9.17) is 16.3 Å². The lowest BCUT2D eigenvalue weighted by molar-refractivity contribution is -0.165. The summed E-state index contributed by atoms with van der Waals surface area (Å²) in [6.07, 6.45) is -7.51. The first kappa shape index (κ1) is 16.9. The minimum Gasteiger partial charge on any atom is -0.457 e. The van der Waals surface area contributed by atoms with Crippen molar-refractivity contribution in [3.63, 3.8) is 0 Å². The zero-order chi connectivity index (χ0) is 17.9. The quantitative estimate of drug-likeness (QED) is 0.716. The zero-order valence-electron chi connectivity index (χ0n) is 11.5. The Morgan fingerprint density at radius 3 is 2.38 bits per heavy atom. The third-order valence-corrected chi connectivity index (χ3v) is 3.74. The predicted molar refractivity (Wildman–Crippen MR) is 71.8 cm³/mol. The molecule has 2 nitrogen and oxygen atoms in total. The van der Waals surface area contributed by atoms with Gasteiger partial charge < -0.3 is 9.84 Å². The van der Waals surface area contributed by atoms with Crippen molar-refractivity contribution >= 4 is 11.6 Å².